The first-order chi connectivity index (χ1) is 19.0. The third-order valence-corrected chi connectivity index (χ3v) is 7.20. The molecule has 200 valence electrons. The van der Waals surface area contributed by atoms with E-state index in [2.05, 4.69) is 21.7 Å². The van der Waals surface area contributed by atoms with E-state index in [4.69, 9.17) is 9.72 Å². The van der Waals surface area contributed by atoms with E-state index in [1.807, 2.05) is 53.4 Å². The first-order valence-corrected chi connectivity index (χ1v) is 12.8. The van der Waals surface area contributed by atoms with Crippen LogP contribution in [0.3, 0.4) is 0 Å². The Morgan fingerprint density at radius 2 is 1.90 bits per heavy atom. The zero-order valence-electron chi connectivity index (χ0n) is 21.1. The predicted molar refractivity (Wildman–Crippen MR) is 142 cm³/mol. The number of likely N-dealkylation sites (tertiary alicyclic amines) is 1. The molecule has 2 aliphatic rings. The van der Waals surface area contributed by atoms with Crippen LogP contribution in [-0.2, 0) is 4.79 Å². The molecule has 1 fully saturated rings. The summed E-state index contributed by atoms with van der Waals surface area (Å²) in [7, 11) is 0. The molecule has 1 amide bonds. The van der Waals surface area contributed by atoms with Gasteiger partial charge in [-0.2, -0.15) is 8.78 Å². The van der Waals surface area contributed by atoms with Gasteiger partial charge in [0.25, 0.3) is 0 Å². The maximum atomic E-state index is 12.9. The Balaban J connectivity index is 1.29. The summed E-state index contributed by atoms with van der Waals surface area (Å²) in [6.45, 7) is 2.52. The minimum Gasteiger partial charge on any atom is -0.491 e. The van der Waals surface area contributed by atoms with Crippen molar-refractivity contribution in [2.75, 3.05) is 19.7 Å². The summed E-state index contributed by atoms with van der Waals surface area (Å²) in [5.41, 5.74) is 4.56. The fourth-order valence-electron chi connectivity index (χ4n) is 5.30. The summed E-state index contributed by atoms with van der Waals surface area (Å²) in [5, 5.41) is 7.99. The van der Waals surface area contributed by atoms with E-state index < -0.39 is 6.61 Å². The number of benzene rings is 2. The SMILES string of the molecule is C=CC(=O)N1CCC(N[C@H]2COc3cc(-c4nc5ccc(OC(F)F)nn5c4-c4ccccc4)ccc32)CC1. The van der Waals surface area contributed by atoms with Crippen molar-refractivity contribution in [3.63, 3.8) is 0 Å². The number of rotatable bonds is 7. The molecule has 8 nitrogen and oxygen atoms in total. The molecule has 2 aromatic carbocycles. The summed E-state index contributed by atoms with van der Waals surface area (Å²) in [6, 6.07) is 18.9. The number of hydrogen-bond acceptors (Lipinski definition) is 6. The lowest BCUT2D eigenvalue weighted by Crippen LogP contribution is -2.45. The van der Waals surface area contributed by atoms with E-state index in [1.54, 1.807) is 6.07 Å². The third kappa shape index (κ3) is 4.95. The van der Waals surface area contributed by atoms with Gasteiger partial charge in [0.15, 0.2) is 5.65 Å². The summed E-state index contributed by atoms with van der Waals surface area (Å²) >= 11 is 0. The van der Waals surface area contributed by atoms with Crippen LogP contribution in [0.4, 0.5) is 8.78 Å². The number of hydrogen-bond donors (Lipinski definition) is 1. The van der Waals surface area contributed by atoms with Crippen LogP contribution in [0.1, 0.15) is 24.4 Å². The second-order valence-corrected chi connectivity index (χ2v) is 9.58. The van der Waals surface area contributed by atoms with Crippen molar-refractivity contribution < 1.29 is 23.0 Å². The molecule has 2 aromatic heterocycles. The zero-order valence-corrected chi connectivity index (χ0v) is 21.1. The van der Waals surface area contributed by atoms with Crippen LogP contribution in [0.15, 0.2) is 73.3 Å². The van der Waals surface area contributed by atoms with Gasteiger partial charge in [0, 0.05) is 41.9 Å². The Labute approximate surface area is 223 Å². The molecule has 2 aliphatic heterocycles. The average molecular weight is 532 g/mol. The number of alkyl halides is 2. The molecule has 0 aliphatic carbocycles. The molecule has 0 unspecified atom stereocenters. The number of ether oxygens (including phenoxy) is 2. The Bertz CT molecular complexity index is 1520. The molecule has 0 bridgehead atoms. The van der Waals surface area contributed by atoms with Crippen LogP contribution < -0.4 is 14.8 Å². The molecule has 39 heavy (non-hydrogen) atoms. The van der Waals surface area contributed by atoms with E-state index in [0.717, 1.165) is 35.3 Å². The van der Waals surface area contributed by atoms with Gasteiger partial charge in [-0.1, -0.05) is 49.0 Å². The first-order valence-electron chi connectivity index (χ1n) is 12.8. The van der Waals surface area contributed by atoms with Crippen molar-refractivity contribution in [3.05, 3.63) is 78.9 Å². The lowest BCUT2D eigenvalue weighted by atomic mass is 9.99. The van der Waals surface area contributed by atoms with Gasteiger partial charge in [-0.15, -0.1) is 5.10 Å². The number of carbonyl (C=O) groups is 1. The highest BCUT2D eigenvalue weighted by molar-refractivity contribution is 5.87. The van der Waals surface area contributed by atoms with Gasteiger partial charge >= 0.3 is 6.61 Å². The maximum Gasteiger partial charge on any atom is 0.388 e. The Morgan fingerprint density at radius 3 is 2.64 bits per heavy atom. The number of imidazole rings is 1. The first kappa shape index (κ1) is 25.0. The standard InChI is InChI=1S/C29H27F2N5O3/c1-2-26(37)35-14-12-20(13-15-35)32-22-17-38-23-16-19(8-9-21(22)23)27-28(18-6-4-3-5-7-18)36-24(33-27)10-11-25(34-36)39-29(30)31/h2-11,16,20,22,29,32H,1,12-15,17H2/t22-/m0/s1. The van der Waals surface area contributed by atoms with E-state index >= 15 is 0 Å². The topological polar surface area (TPSA) is 81.0 Å². The lowest BCUT2D eigenvalue weighted by Gasteiger charge is -2.33. The van der Waals surface area contributed by atoms with Gasteiger partial charge in [-0.25, -0.2) is 9.50 Å². The van der Waals surface area contributed by atoms with Crippen LogP contribution >= 0.6 is 0 Å². The van der Waals surface area contributed by atoms with Crippen molar-refractivity contribution in [3.8, 4) is 34.1 Å². The number of nitrogens with one attached hydrogen (secondary N) is 1. The molecule has 1 saturated heterocycles. The van der Waals surface area contributed by atoms with Crippen molar-refractivity contribution in [1.82, 2.24) is 24.8 Å². The molecule has 10 heteroatoms. The Kier molecular flexibility index (Phi) is 6.70. The quantitative estimate of drug-likeness (QED) is 0.343. The molecule has 0 radical (unpaired) electrons. The predicted octanol–water partition coefficient (Wildman–Crippen LogP) is 4.86. The molecule has 1 N–H and O–H groups in total. The van der Waals surface area contributed by atoms with Crippen LogP contribution in [0.25, 0.3) is 28.2 Å². The largest absolute Gasteiger partial charge is 0.491 e. The number of carbonyl (C=O) groups excluding carboxylic acids is 1. The fraction of sp³-hybridized carbons (Fsp3) is 0.276. The van der Waals surface area contributed by atoms with Gasteiger partial charge in [-0.3, -0.25) is 4.79 Å². The van der Waals surface area contributed by atoms with Crippen LogP contribution in [-0.4, -0.2) is 57.8 Å². The molecule has 6 rings (SSSR count). The molecule has 4 heterocycles. The fourth-order valence-corrected chi connectivity index (χ4v) is 5.30. The number of nitrogens with zero attached hydrogens (tertiary/aromatic N) is 4. The molecule has 4 aromatic rings. The Morgan fingerprint density at radius 1 is 1.10 bits per heavy atom. The molecular formula is C29H27F2N5O3. The van der Waals surface area contributed by atoms with E-state index in [-0.39, 0.29) is 23.9 Å². The van der Waals surface area contributed by atoms with Gasteiger partial charge < -0.3 is 19.7 Å². The van der Waals surface area contributed by atoms with E-state index in [9.17, 15) is 13.6 Å². The summed E-state index contributed by atoms with van der Waals surface area (Å²) in [6.07, 6.45) is 3.11. The minimum absolute atomic E-state index is 0.0229. The second kappa shape index (κ2) is 10.5. The van der Waals surface area contributed by atoms with Crippen LogP contribution in [0, 0.1) is 0 Å². The van der Waals surface area contributed by atoms with Crippen molar-refractivity contribution in [2.24, 2.45) is 0 Å². The second-order valence-electron chi connectivity index (χ2n) is 9.58. The molecular weight excluding hydrogens is 504 g/mol. The number of piperidine rings is 1. The minimum atomic E-state index is -2.98. The number of aromatic nitrogens is 3. The number of amides is 1. The van der Waals surface area contributed by atoms with Crippen molar-refractivity contribution >= 4 is 11.6 Å². The summed E-state index contributed by atoms with van der Waals surface area (Å²) < 4.78 is 37.9. The molecule has 1 atom stereocenters. The van der Waals surface area contributed by atoms with Crippen LogP contribution in [0.5, 0.6) is 11.6 Å². The van der Waals surface area contributed by atoms with E-state index in [0.29, 0.717) is 36.7 Å². The lowest BCUT2D eigenvalue weighted by molar-refractivity contribution is -0.127. The van der Waals surface area contributed by atoms with Crippen molar-refractivity contribution in [2.45, 2.75) is 31.5 Å². The van der Waals surface area contributed by atoms with Crippen LogP contribution in [0.2, 0.25) is 0 Å². The number of halogens is 2. The highest BCUT2D eigenvalue weighted by Gasteiger charge is 2.30. The monoisotopic (exact) mass is 531 g/mol. The average Bonchev–Trinajstić information content (AvgIpc) is 3.54. The maximum absolute atomic E-state index is 12.9. The normalized spacial score (nSPS) is 17.3. The zero-order chi connectivity index (χ0) is 26.9. The highest BCUT2D eigenvalue weighted by atomic mass is 19.3. The third-order valence-electron chi connectivity index (χ3n) is 7.20. The smallest absolute Gasteiger partial charge is 0.388 e. The van der Waals surface area contributed by atoms with E-state index in [1.165, 1.54) is 16.7 Å². The molecule has 0 spiro atoms. The highest BCUT2D eigenvalue weighted by Crippen LogP contribution is 2.39. The van der Waals surface area contributed by atoms with Gasteiger partial charge in [0.2, 0.25) is 11.8 Å². The summed E-state index contributed by atoms with van der Waals surface area (Å²) in [4.78, 5) is 18.5. The van der Waals surface area contributed by atoms with Gasteiger partial charge in [-0.05, 0) is 31.1 Å². The van der Waals surface area contributed by atoms with Crippen molar-refractivity contribution in [1.29, 1.82) is 0 Å². The number of fused-ring (bicyclic) bond motifs is 2. The summed E-state index contributed by atoms with van der Waals surface area (Å²) in [5.74, 6) is 0.560. The molecule has 0 saturated carbocycles. The van der Waals surface area contributed by atoms with Gasteiger partial charge in [0.05, 0.1) is 11.7 Å². The van der Waals surface area contributed by atoms with Gasteiger partial charge in [0.1, 0.15) is 18.1 Å². The Hall–Kier alpha value is -4.31.